The van der Waals surface area contributed by atoms with E-state index in [9.17, 15) is 5.11 Å². The van der Waals surface area contributed by atoms with Gasteiger partial charge in [0.05, 0.1) is 6.10 Å². The molecule has 1 aliphatic heterocycles. The van der Waals surface area contributed by atoms with E-state index in [2.05, 4.69) is 9.97 Å². The number of halogens is 1. The number of aromatic nitrogens is 2. The quantitative estimate of drug-likeness (QED) is 0.708. The maximum absolute atomic E-state index is 9.38. The highest BCUT2D eigenvalue weighted by molar-refractivity contribution is 6.29. The number of anilines is 1. The highest BCUT2D eigenvalue weighted by Crippen LogP contribution is 2.20. The van der Waals surface area contributed by atoms with Crippen LogP contribution in [0.4, 0.5) is 5.82 Å². The van der Waals surface area contributed by atoms with Crippen LogP contribution >= 0.6 is 11.6 Å². The van der Waals surface area contributed by atoms with Gasteiger partial charge in [-0.3, -0.25) is 0 Å². The molecule has 2 heterocycles. The number of β-amino-alcohol motifs (C(OH)–C–C–N with tert-alkyl or cyclic N) is 1. The van der Waals surface area contributed by atoms with E-state index in [4.69, 9.17) is 11.6 Å². The van der Waals surface area contributed by atoms with Gasteiger partial charge < -0.3 is 10.0 Å². The average molecular weight is 214 g/mol. The number of aliphatic hydroxyl groups excluding tert-OH is 1. The van der Waals surface area contributed by atoms with Crippen molar-refractivity contribution in [1.29, 1.82) is 0 Å². The fourth-order valence-electron chi connectivity index (χ4n) is 1.63. The van der Waals surface area contributed by atoms with Crippen LogP contribution in [0.15, 0.2) is 6.07 Å². The molecule has 0 saturated carbocycles. The van der Waals surface area contributed by atoms with E-state index >= 15 is 0 Å². The molecule has 1 fully saturated rings. The third-order valence-corrected chi connectivity index (χ3v) is 2.47. The van der Waals surface area contributed by atoms with Crippen molar-refractivity contribution in [3.63, 3.8) is 0 Å². The molecule has 0 spiro atoms. The van der Waals surface area contributed by atoms with Crippen LogP contribution in [0.1, 0.15) is 12.2 Å². The van der Waals surface area contributed by atoms with Crippen LogP contribution in [0.3, 0.4) is 0 Å². The molecule has 1 atom stereocenters. The van der Waals surface area contributed by atoms with Crippen LogP contribution in [-0.4, -0.2) is 34.3 Å². The normalized spacial score (nSPS) is 21.6. The maximum Gasteiger partial charge on any atom is 0.134 e. The standard InChI is InChI=1S/C9H12ClN3O/c1-6-11-8(10)4-9(12-6)13-3-2-7(14)5-13/h4,7,14H,2-3,5H2,1H3/t7-/m1/s1. The van der Waals surface area contributed by atoms with Gasteiger partial charge in [-0.15, -0.1) is 0 Å². The lowest BCUT2D eigenvalue weighted by molar-refractivity contribution is 0.198. The third-order valence-electron chi connectivity index (χ3n) is 2.28. The molecule has 1 aromatic heterocycles. The summed E-state index contributed by atoms with van der Waals surface area (Å²) < 4.78 is 0. The highest BCUT2D eigenvalue weighted by Gasteiger charge is 2.21. The summed E-state index contributed by atoms with van der Waals surface area (Å²) in [7, 11) is 0. The van der Waals surface area contributed by atoms with Crippen molar-refractivity contribution in [2.75, 3.05) is 18.0 Å². The first-order valence-corrected chi connectivity index (χ1v) is 4.97. The Balaban J connectivity index is 2.23. The van der Waals surface area contributed by atoms with Crippen LogP contribution in [0.25, 0.3) is 0 Å². The molecule has 1 aliphatic rings. The van der Waals surface area contributed by atoms with Gasteiger partial charge in [-0.1, -0.05) is 11.6 Å². The van der Waals surface area contributed by atoms with Gasteiger partial charge in [-0.2, -0.15) is 0 Å². The molecular weight excluding hydrogens is 202 g/mol. The Kier molecular flexibility index (Phi) is 2.56. The molecule has 76 valence electrons. The molecule has 1 aromatic rings. The van der Waals surface area contributed by atoms with Crippen molar-refractivity contribution < 1.29 is 5.11 Å². The molecule has 2 rings (SSSR count). The van der Waals surface area contributed by atoms with Gasteiger partial charge in [0.2, 0.25) is 0 Å². The summed E-state index contributed by atoms with van der Waals surface area (Å²) in [5.41, 5.74) is 0. The minimum atomic E-state index is -0.246. The van der Waals surface area contributed by atoms with Gasteiger partial charge in [-0.25, -0.2) is 9.97 Å². The molecule has 0 amide bonds. The fourth-order valence-corrected chi connectivity index (χ4v) is 1.85. The molecular formula is C9H12ClN3O. The maximum atomic E-state index is 9.38. The van der Waals surface area contributed by atoms with Crippen LogP contribution in [-0.2, 0) is 0 Å². The van der Waals surface area contributed by atoms with Crippen LogP contribution in [0.5, 0.6) is 0 Å². The lowest BCUT2D eigenvalue weighted by Gasteiger charge is -2.16. The minimum absolute atomic E-state index is 0.246. The van der Waals surface area contributed by atoms with Crippen molar-refractivity contribution in [2.24, 2.45) is 0 Å². The molecule has 1 N–H and O–H groups in total. The first kappa shape index (κ1) is 9.68. The highest BCUT2D eigenvalue weighted by atomic mass is 35.5. The Morgan fingerprint density at radius 3 is 2.93 bits per heavy atom. The summed E-state index contributed by atoms with van der Waals surface area (Å²) in [4.78, 5) is 10.3. The van der Waals surface area contributed by atoms with E-state index in [0.29, 0.717) is 17.5 Å². The summed E-state index contributed by atoms with van der Waals surface area (Å²) in [6.07, 6.45) is 0.546. The van der Waals surface area contributed by atoms with Crippen LogP contribution < -0.4 is 4.90 Å². The van der Waals surface area contributed by atoms with E-state index in [1.165, 1.54) is 0 Å². The lowest BCUT2D eigenvalue weighted by Crippen LogP contribution is -2.22. The first-order valence-electron chi connectivity index (χ1n) is 4.59. The van der Waals surface area contributed by atoms with Crippen LogP contribution in [0.2, 0.25) is 5.15 Å². The number of nitrogens with zero attached hydrogens (tertiary/aromatic N) is 3. The Labute approximate surface area is 87.5 Å². The van der Waals surface area contributed by atoms with Crippen molar-refractivity contribution in [3.05, 3.63) is 17.0 Å². The SMILES string of the molecule is Cc1nc(Cl)cc(N2CC[C@@H](O)C2)n1. The first-order chi connectivity index (χ1) is 6.65. The topological polar surface area (TPSA) is 49.2 Å². The zero-order valence-electron chi connectivity index (χ0n) is 7.94. The number of rotatable bonds is 1. The molecule has 0 radical (unpaired) electrons. The summed E-state index contributed by atoms with van der Waals surface area (Å²) in [6, 6.07) is 1.73. The zero-order chi connectivity index (χ0) is 10.1. The van der Waals surface area contributed by atoms with Gasteiger partial charge >= 0.3 is 0 Å². The molecule has 5 heteroatoms. The zero-order valence-corrected chi connectivity index (χ0v) is 8.70. The monoisotopic (exact) mass is 213 g/mol. The smallest absolute Gasteiger partial charge is 0.134 e. The van der Waals surface area contributed by atoms with Crippen molar-refractivity contribution >= 4 is 17.4 Å². The largest absolute Gasteiger partial charge is 0.391 e. The van der Waals surface area contributed by atoms with Crippen molar-refractivity contribution in [2.45, 2.75) is 19.4 Å². The van der Waals surface area contributed by atoms with Gasteiger partial charge in [0, 0.05) is 19.2 Å². The molecule has 0 unspecified atom stereocenters. The Morgan fingerprint density at radius 2 is 2.36 bits per heavy atom. The molecule has 14 heavy (non-hydrogen) atoms. The number of aryl methyl sites for hydroxylation is 1. The van der Waals surface area contributed by atoms with E-state index in [0.717, 1.165) is 18.8 Å². The van der Waals surface area contributed by atoms with Gasteiger partial charge in [0.25, 0.3) is 0 Å². The van der Waals surface area contributed by atoms with E-state index in [-0.39, 0.29) is 6.10 Å². The second-order valence-electron chi connectivity index (χ2n) is 3.48. The predicted octanol–water partition coefficient (Wildman–Crippen LogP) is 1.01. The summed E-state index contributed by atoms with van der Waals surface area (Å²) in [6.45, 7) is 3.27. The molecule has 4 nitrogen and oxygen atoms in total. The summed E-state index contributed by atoms with van der Waals surface area (Å²) in [5, 5.41) is 9.83. The second kappa shape index (κ2) is 3.71. The molecule has 0 aliphatic carbocycles. The second-order valence-corrected chi connectivity index (χ2v) is 3.87. The summed E-state index contributed by atoms with van der Waals surface area (Å²) >= 11 is 5.82. The Bertz CT molecular complexity index is 325. The number of hydrogen-bond donors (Lipinski definition) is 1. The number of aliphatic hydroxyl groups is 1. The van der Waals surface area contributed by atoms with Crippen molar-refractivity contribution in [3.8, 4) is 0 Å². The minimum Gasteiger partial charge on any atom is -0.391 e. The van der Waals surface area contributed by atoms with Gasteiger partial charge in [0.15, 0.2) is 0 Å². The third kappa shape index (κ3) is 1.96. The molecule has 0 aromatic carbocycles. The Morgan fingerprint density at radius 1 is 1.57 bits per heavy atom. The predicted molar refractivity (Wildman–Crippen MR) is 54.6 cm³/mol. The summed E-state index contributed by atoms with van der Waals surface area (Å²) in [5.74, 6) is 1.47. The van der Waals surface area contributed by atoms with E-state index in [1.807, 2.05) is 11.8 Å². The van der Waals surface area contributed by atoms with Gasteiger partial charge in [-0.05, 0) is 13.3 Å². The molecule has 0 bridgehead atoms. The van der Waals surface area contributed by atoms with Gasteiger partial charge in [0.1, 0.15) is 16.8 Å². The average Bonchev–Trinajstić information content (AvgIpc) is 2.50. The van der Waals surface area contributed by atoms with Crippen LogP contribution in [0, 0.1) is 6.92 Å². The lowest BCUT2D eigenvalue weighted by atomic mass is 10.3. The van der Waals surface area contributed by atoms with E-state index in [1.54, 1.807) is 6.07 Å². The Hall–Kier alpha value is -0.870. The van der Waals surface area contributed by atoms with E-state index < -0.39 is 0 Å². The van der Waals surface area contributed by atoms with Crippen molar-refractivity contribution in [1.82, 2.24) is 9.97 Å². The molecule has 1 saturated heterocycles. The number of hydrogen-bond acceptors (Lipinski definition) is 4. The fraction of sp³-hybridized carbons (Fsp3) is 0.556.